The summed E-state index contributed by atoms with van der Waals surface area (Å²) in [5, 5.41) is 5.33. The number of unbranched alkanes of at least 4 members (excludes halogenated alkanes) is 4. The molecule has 0 bridgehead atoms. The Hall–Kier alpha value is -3.59. The molecule has 1 fully saturated rings. The summed E-state index contributed by atoms with van der Waals surface area (Å²) in [6, 6.07) is 3.90. The van der Waals surface area contributed by atoms with Gasteiger partial charge >= 0.3 is 5.97 Å². The Bertz CT molecular complexity index is 1370. The normalized spacial score (nSPS) is 15.2. The van der Waals surface area contributed by atoms with Crippen LogP contribution in [0.1, 0.15) is 79.0 Å². The second-order valence-corrected chi connectivity index (χ2v) is 13.5. The first-order chi connectivity index (χ1) is 28.9. The molecule has 0 saturated carbocycles. The summed E-state index contributed by atoms with van der Waals surface area (Å²) in [6.07, 6.45) is 6.17. The molecule has 18 heteroatoms. The number of rotatable bonds is 38. The quantitative estimate of drug-likeness (QED) is 0.0558. The molecule has 4 amide bonds. The third-order valence-electron chi connectivity index (χ3n) is 8.98. The number of fused-ring (bicyclic) bond motifs is 1. The Morgan fingerprint density at radius 3 is 1.59 bits per heavy atom. The van der Waals surface area contributed by atoms with Crippen LogP contribution in [0.25, 0.3) is 0 Å². The molecule has 1 saturated heterocycles. The second kappa shape index (κ2) is 32.2. The zero-order valence-electron chi connectivity index (χ0n) is 34.7. The lowest BCUT2D eigenvalue weighted by molar-refractivity contribution is -0.145. The van der Waals surface area contributed by atoms with Gasteiger partial charge in [0.15, 0.2) is 0 Å². The van der Waals surface area contributed by atoms with Gasteiger partial charge in [-0.3, -0.25) is 34.2 Å². The lowest BCUT2D eigenvalue weighted by Gasteiger charge is -2.27. The number of benzene rings is 1. The topological polar surface area (TPSA) is 205 Å². The van der Waals surface area contributed by atoms with E-state index >= 15 is 0 Å². The summed E-state index contributed by atoms with van der Waals surface area (Å²) < 4.78 is 54.6. The molecule has 0 radical (unpaired) electrons. The third kappa shape index (κ3) is 21.0. The highest BCUT2D eigenvalue weighted by Crippen LogP contribution is 2.32. The van der Waals surface area contributed by atoms with Crippen LogP contribution in [0.4, 0.5) is 5.69 Å². The maximum Gasteiger partial charge on any atom is 0.305 e. The summed E-state index contributed by atoms with van der Waals surface area (Å²) in [5.41, 5.74) is 0.900. The first-order valence-corrected chi connectivity index (χ1v) is 20.9. The lowest BCUT2D eigenvalue weighted by atomic mass is 10.0. The number of anilines is 1. The molecule has 0 spiro atoms. The Kier molecular flexibility index (Phi) is 27.2. The highest BCUT2D eigenvalue weighted by Gasteiger charge is 2.45. The molecule has 18 nitrogen and oxygen atoms in total. The molecule has 1 aromatic carbocycles. The molecule has 334 valence electrons. The number of amides is 4. The largest absolute Gasteiger partial charge is 0.463 e. The minimum Gasteiger partial charge on any atom is -0.463 e. The SMILES string of the molecule is CCCCCCCC(=O)OCCOCCOCCOCCOCCOCCOCCOCCOCCOCCNc1cccc2c1C(=O)N(C1CCC(=O)NC1=O)C2=O. The van der Waals surface area contributed by atoms with Crippen molar-refractivity contribution in [3.8, 4) is 0 Å². The average molecular weight is 840 g/mol. The molecule has 0 aromatic heterocycles. The Morgan fingerprint density at radius 1 is 0.627 bits per heavy atom. The van der Waals surface area contributed by atoms with Crippen molar-refractivity contribution in [2.24, 2.45) is 0 Å². The maximum atomic E-state index is 13.2. The van der Waals surface area contributed by atoms with E-state index in [0.717, 1.165) is 17.7 Å². The molecule has 1 unspecified atom stereocenters. The van der Waals surface area contributed by atoms with E-state index < -0.39 is 29.7 Å². The Balaban J connectivity index is 0.991. The van der Waals surface area contributed by atoms with Crippen LogP contribution < -0.4 is 10.6 Å². The van der Waals surface area contributed by atoms with Gasteiger partial charge in [-0.15, -0.1) is 0 Å². The van der Waals surface area contributed by atoms with Crippen LogP contribution >= 0.6 is 0 Å². The van der Waals surface area contributed by atoms with E-state index in [0.29, 0.717) is 138 Å². The van der Waals surface area contributed by atoms with Crippen LogP contribution in [-0.4, -0.2) is 173 Å². The van der Waals surface area contributed by atoms with Gasteiger partial charge in [0.1, 0.15) is 12.6 Å². The predicted molar refractivity (Wildman–Crippen MR) is 213 cm³/mol. The fraction of sp³-hybridized carbons (Fsp3) is 0.732. The molecule has 3 rings (SSSR count). The first-order valence-electron chi connectivity index (χ1n) is 20.9. The van der Waals surface area contributed by atoms with Crippen LogP contribution in [0.5, 0.6) is 0 Å². The van der Waals surface area contributed by atoms with Crippen molar-refractivity contribution >= 4 is 35.3 Å². The van der Waals surface area contributed by atoms with E-state index in [2.05, 4.69) is 17.6 Å². The molecule has 1 aromatic rings. The number of nitrogens with one attached hydrogen (secondary N) is 2. The molecule has 2 heterocycles. The van der Waals surface area contributed by atoms with Crippen molar-refractivity contribution < 1.29 is 71.3 Å². The third-order valence-corrected chi connectivity index (χ3v) is 8.98. The molecule has 1 atom stereocenters. The smallest absolute Gasteiger partial charge is 0.305 e. The summed E-state index contributed by atoms with van der Waals surface area (Å²) in [7, 11) is 0. The van der Waals surface area contributed by atoms with Crippen molar-refractivity contribution in [1.82, 2.24) is 10.2 Å². The van der Waals surface area contributed by atoms with E-state index in [-0.39, 0.29) is 36.5 Å². The standard InChI is InChI=1S/C41H65N3O15/c1-2-3-4-5-6-10-37(46)59-32-31-58-30-29-57-28-27-56-26-25-55-24-23-54-22-21-53-20-19-52-18-17-51-16-15-50-14-13-42-34-9-7-8-33-38(34)41(49)44(40(33)48)35-11-12-36(45)43-39(35)47/h7-9,35,42H,2-6,10-32H2,1H3,(H,43,45,47). The van der Waals surface area contributed by atoms with Crippen LogP contribution in [0, 0.1) is 0 Å². The molecular formula is C41H65N3O15. The van der Waals surface area contributed by atoms with Crippen LogP contribution in [0.15, 0.2) is 18.2 Å². The van der Waals surface area contributed by atoms with Crippen LogP contribution in [-0.2, 0) is 61.8 Å². The number of piperidine rings is 1. The van der Waals surface area contributed by atoms with E-state index in [1.165, 1.54) is 19.3 Å². The van der Waals surface area contributed by atoms with E-state index in [9.17, 15) is 24.0 Å². The zero-order chi connectivity index (χ0) is 42.2. The minimum absolute atomic E-state index is 0.0634. The first kappa shape index (κ1) is 49.8. The Morgan fingerprint density at radius 2 is 1.10 bits per heavy atom. The Labute approximate surface area is 347 Å². The molecule has 59 heavy (non-hydrogen) atoms. The van der Waals surface area contributed by atoms with Gasteiger partial charge in [0, 0.05) is 25.1 Å². The monoisotopic (exact) mass is 839 g/mol. The van der Waals surface area contributed by atoms with Gasteiger partial charge in [0.2, 0.25) is 11.8 Å². The fourth-order valence-electron chi connectivity index (χ4n) is 5.94. The highest BCUT2D eigenvalue weighted by molar-refractivity contribution is 6.25. The molecule has 2 N–H and O–H groups in total. The summed E-state index contributed by atoms with van der Waals surface area (Å²) in [5.74, 6) is -2.34. The molecule has 2 aliphatic rings. The fourth-order valence-corrected chi connectivity index (χ4v) is 5.94. The van der Waals surface area contributed by atoms with Crippen molar-refractivity contribution in [1.29, 1.82) is 0 Å². The van der Waals surface area contributed by atoms with Crippen molar-refractivity contribution in [2.75, 3.05) is 137 Å². The van der Waals surface area contributed by atoms with E-state index in [4.69, 9.17) is 47.4 Å². The van der Waals surface area contributed by atoms with Gasteiger partial charge < -0.3 is 52.7 Å². The zero-order valence-corrected chi connectivity index (χ0v) is 34.7. The average Bonchev–Trinajstić information content (AvgIpc) is 3.48. The number of hydrogen-bond donors (Lipinski definition) is 2. The van der Waals surface area contributed by atoms with Crippen molar-refractivity contribution in [3.63, 3.8) is 0 Å². The van der Waals surface area contributed by atoms with Gasteiger partial charge in [-0.2, -0.15) is 0 Å². The predicted octanol–water partition coefficient (Wildman–Crippen LogP) is 2.55. The summed E-state index contributed by atoms with van der Waals surface area (Å²) >= 11 is 0. The van der Waals surface area contributed by atoms with Gasteiger partial charge in [-0.05, 0) is 25.0 Å². The van der Waals surface area contributed by atoms with Crippen LogP contribution in [0.2, 0.25) is 0 Å². The van der Waals surface area contributed by atoms with Crippen molar-refractivity contribution in [2.45, 2.75) is 64.3 Å². The second-order valence-electron chi connectivity index (χ2n) is 13.5. The maximum absolute atomic E-state index is 13.2. The van der Waals surface area contributed by atoms with Gasteiger partial charge in [0.25, 0.3) is 11.8 Å². The summed E-state index contributed by atoms with van der Waals surface area (Å²) in [6.45, 7) is 10.6. The number of hydrogen-bond acceptors (Lipinski definition) is 16. The number of ether oxygens (including phenoxy) is 10. The van der Waals surface area contributed by atoms with Gasteiger partial charge in [-0.25, -0.2) is 0 Å². The summed E-state index contributed by atoms with van der Waals surface area (Å²) in [4.78, 5) is 62.5. The number of carbonyl (C=O) groups excluding carboxylic acids is 5. The molecule has 0 aliphatic carbocycles. The van der Waals surface area contributed by atoms with E-state index in [1.807, 2.05) is 0 Å². The number of carbonyl (C=O) groups is 5. The lowest BCUT2D eigenvalue weighted by Crippen LogP contribution is -2.54. The van der Waals surface area contributed by atoms with Gasteiger partial charge in [0.05, 0.1) is 130 Å². The van der Waals surface area contributed by atoms with Crippen LogP contribution in [0.3, 0.4) is 0 Å². The number of imide groups is 2. The van der Waals surface area contributed by atoms with E-state index in [1.54, 1.807) is 18.2 Å². The highest BCUT2D eigenvalue weighted by atomic mass is 16.6. The van der Waals surface area contributed by atoms with Gasteiger partial charge in [-0.1, -0.05) is 38.7 Å². The minimum atomic E-state index is -1.01. The number of esters is 1. The molecular weight excluding hydrogens is 774 g/mol. The van der Waals surface area contributed by atoms with Crippen molar-refractivity contribution in [3.05, 3.63) is 29.3 Å². The number of nitrogens with zero attached hydrogens (tertiary/aromatic N) is 1. The molecule has 2 aliphatic heterocycles.